The second kappa shape index (κ2) is 5.32. The Kier molecular flexibility index (Phi) is 4.35. The van der Waals surface area contributed by atoms with Crippen LogP contribution >= 0.6 is 0 Å². The van der Waals surface area contributed by atoms with Gasteiger partial charge in [-0.15, -0.1) is 0 Å². The highest BCUT2D eigenvalue weighted by Gasteiger charge is 2.04. The van der Waals surface area contributed by atoms with Gasteiger partial charge in [-0.25, -0.2) is 8.42 Å². The molecule has 0 spiro atoms. The fraction of sp³-hybridized carbons (Fsp3) is 0.600. The van der Waals surface area contributed by atoms with Crippen LogP contribution in [-0.2, 0) is 16.7 Å². The third-order valence-corrected chi connectivity index (χ3v) is 3.16. The fourth-order valence-corrected chi connectivity index (χ4v) is 2.20. The van der Waals surface area contributed by atoms with Crippen molar-refractivity contribution < 1.29 is 13.0 Å². The number of rotatable bonds is 6. The Morgan fingerprint density at radius 1 is 1.33 bits per heavy atom. The van der Waals surface area contributed by atoms with Crippen molar-refractivity contribution in [3.63, 3.8) is 0 Å². The SMILES string of the molecule is CCCCCCc1cccn1S(=O)(=O)[O-]. The topological polar surface area (TPSA) is 62.1 Å². The highest BCUT2D eigenvalue weighted by atomic mass is 32.2. The molecular weight excluding hydrogens is 214 g/mol. The van der Waals surface area contributed by atoms with Crippen LogP contribution in [0.2, 0.25) is 0 Å². The molecular formula is C10H16NO3S-. The first kappa shape index (κ1) is 12.3. The number of aryl methyl sites for hydroxylation is 1. The van der Waals surface area contributed by atoms with E-state index in [0.717, 1.165) is 29.7 Å². The molecule has 1 rings (SSSR count). The molecule has 0 fully saturated rings. The Morgan fingerprint density at radius 3 is 2.67 bits per heavy atom. The average Bonchev–Trinajstić information content (AvgIpc) is 2.59. The van der Waals surface area contributed by atoms with Crippen LogP contribution in [0.5, 0.6) is 0 Å². The van der Waals surface area contributed by atoms with E-state index in [1.165, 1.54) is 6.20 Å². The lowest BCUT2D eigenvalue weighted by atomic mass is 10.1. The lowest BCUT2D eigenvalue weighted by molar-refractivity contribution is 0.450. The summed E-state index contributed by atoms with van der Waals surface area (Å²) in [4.78, 5) is 0. The maximum absolute atomic E-state index is 10.8. The third kappa shape index (κ3) is 3.68. The van der Waals surface area contributed by atoms with Crippen LogP contribution in [0.15, 0.2) is 18.3 Å². The van der Waals surface area contributed by atoms with Crippen LogP contribution in [-0.4, -0.2) is 16.9 Å². The maximum atomic E-state index is 10.8. The van der Waals surface area contributed by atoms with Crippen LogP contribution in [0.4, 0.5) is 0 Å². The summed E-state index contributed by atoms with van der Waals surface area (Å²) < 4.78 is 33.3. The molecule has 86 valence electrons. The van der Waals surface area contributed by atoms with Gasteiger partial charge in [0.15, 0.2) is 10.3 Å². The smallest absolute Gasteiger partial charge is 0.188 e. The summed E-state index contributed by atoms with van der Waals surface area (Å²) in [6.45, 7) is 2.12. The molecule has 15 heavy (non-hydrogen) atoms. The second-order valence-corrected chi connectivity index (χ2v) is 4.81. The Bertz CT molecular complexity index is 395. The minimum absolute atomic E-state index is 0.584. The van der Waals surface area contributed by atoms with Crippen molar-refractivity contribution >= 4 is 10.3 Å². The summed E-state index contributed by atoms with van der Waals surface area (Å²) in [5, 5.41) is 0. The standard InChI is InChI=1S/C10H17NO3S/c1-2-3-4-5-7-10-8-6-9-11(10)15(12,13)14/h6,8-9H,2-5,7H2,1H3,(H,12,13,14)/p-1. The summed E-state index contributed by atoms with van der Waals surface area (Å²) in [6, 6.07) is 3.27. The predicted octanol–water partition coefficient (Wildman–Crippen LogP) is 1.92. The van der Waals surface area contributed by atoms with Gasteiger partial charge >= 0.3 is 0 Å². The molecule has 1 aromatic rings. The zero-order valence-electron chi connectivity index (χ0n) is 8.85. The van der Waals surface area contributed by atoms with Crippen LogP contribution in [0, 0.1) is 0 Å². The number of aromatic nitrogens is 1. The quantitative estimate of drug-likeness (QED) is 0.554. The molecule has 0 radical (unpaired) electrons. The number of hydrogen-bond acceptors (Lipinski definition) is 3. The molecule has 0 saturated carbocycles. The summed E-state index contributed by atoms with van der Waals surface area (Å²) >= 11 is 0. The highest BCUT2D eigenvalue weighted by Crippen LogP contribution is 2.10. The lowest BCUT2D eigenvalue weighted by Gasteiger charge is -2.12. The Balaban J connectivity index is 2.59. The van der Waals surface area contributed by atoms with Crippen molar-refractivity contribution in [1.82, 2.24) is 3.97 Å². The Labute approximate surface area is 90.8 Å². The van der Waals surface area contributed by atoms with Gasteiger partial charge in [0.2, 0.25) is 0 Å². The van der Waals surface area contributed by atoms with Gasteiger partial charge < -0.3 is 4.55 Å². The molecule has 0 atom stereocenters. The van der Waals surface area contributed by atoms with Gasteiger partial charge in [0.1, 0.15) is 0 Å². The molecule has 1 aromatic heterocycles. The van der Waals surface area contributed by atoms with E-state index in [0.29, 0.717) is 12.1 Å². The molecule has 0 bridgehead atoms. The molecule has 0 unspecified atom stereocenters. The van der Waals surface area contributed by atoms with E-state index in [2.05, 4.69) is 6.92 Å². The molecule has 0 amide bonds. The largest absolute Gasteiger partial charge is 0.731 e. The molecule has 0 aliphatic heterocycles. The van der Waals surface area contributed by atoms with E-state index in [4.69, 9.17) is 0 Å². The van der Waals surface area contributed by atoms with Crippen molar-refractivity contribution in [2.75, 3.05) is 0 Å². The van der Waals surface area contributed by atoms with Crippen molar-refractivity contribution in [2.45, 2.75) is 39.0 Å². The van der Waals surface area contributed by atoms with E-state index in [1.54, 1.807) is 12.1 Å². The van der Waals surface area contributed by atoms with Crippen LogP contribution < -0.4 is 0 Å². The van der Waals surface area contributed by atoms with Crippen LogP contribution in [0.3, 0.4) is 0 Å². The highest BCUT2D eigenvalue weighted by molar-refractivity contribution is 7.84. The first-order valence-electron chi connectivity index (χ1n) is 5.18. The lowest BCUT2D eigenvalue weighted by Crippen LogP contribution is -2.13. The van der Waals surface area contributed by atoms with E-state index in [9.17, 15) is 13.0 Å². The van der Waals surface area contributed by atoms with Gasteiger partial charge in [-0.3, -0.25) is 3.97 Å². The Hall–Kier alpha value is -0.810. The summed E-state index contributed by atoms with van der Waals surface area (Å²) in [5.41, 5.74) is 0.584. The molecule has 1 heterocycles. The fourth-order valence-electron chi connectivity index (χ4n) is 1.55. The predicted molar refractivity (Wildman–Crippen MR) is 57.4 cm³/mol. The summed E-state index contributed by atoms with van der Waals surface area (Å²) in [6.07, 6.45) is 6.23. The van der Waals surface area contributed by atoms with Crippen molar-refractivity contribution in [3.8, 4) is 0 Å². The minimum Gasteiger partial charge on any atom is -0.731 e. The summed E-state index contributed by atoms with van der Waals surface area (Å²) in [7, 11) is -4.37. The first-order chi connectivity index (χ1) is 7.05. The zero-order valence-corrected chi connectivity index (χ0v) is 9.66. The van der Waals surface area contributed by atoms with E-state index in [1.807, 2.05) is 0 Å². The van der Waals surface area contributed by atoms with Gasteiger partial charge in [0, 0.05) is 11.9 Å². The van der Waals surface area contributed by atoms with Crippen molar-refractivity contribution in [3.05, 3.63) is 24.0 Å². The van der Waals surface area contributed by atoms with E-state index in [-0.39, 0.29) is 0 Å². The molecule has 0 aromatic carbocycles. The average molecular weight is 230 g/mol. The normalized spacial score (nSPS) is 11.9. The second-order valence-electron chi connectivity index (χ2n) is 3.56. The molecule has 0 aliphatic carbocycles. The number of unbranched alkanes of at least 4 members (excludes halogenated alkanes) is 3. The zero-order chi connectivity index (χ0) is 11.3. The van der Waals surface area contributed by atoms with Crippen molar-refractivity contribution in [1.29, 1.82) is 0 Å². The van der Waals surface area contributed by atoms with Gasteiger partial charge in [0.25, 0.3) is 0 Å². The number of hydrogen-bond donors (Lipinski definition) is 0. The first-order valence-corrected chi connectivity index (χ1v) is 6.55. The molecule has 0 N–H and O–H groups in total. The van der Waals surface area contributed by atoms with E-state index >= 15 is 0 Å². The number of nitrogens with zero attached hydrogens (tertiary/aromatic N) is 1. The van der Waals surface area contributed by atoms with E-state index < -0.39 is 10.3 Å². The maximum Gasteiger partial charge on any atom is 0.188 e. The monoisotopic (exact) mass is 230 g/mol. The third-order valence-electron chi connectivity index (χ3n) is 2.32. The molecule has 0 aliphatic rings. The molecule has 4 nitrogen and oxygen atoms in total. The van der Waals surface area contributed by atoms with Gasteiger partial charge in [-0.05, 0) is 25.0 Å². The van der Waals surface area contributed by atoms with Gasteiger partial charge in [0.05, 0.1) is 0 Å². The van der Waals surface area contributed by atoms with Gasteiger partial charge in [-0.2, -0.15) is 0 Å². The molecule has 0 saturated heterocycles. The molecule has 5 heteroatoms. The van der Waals surface area contributed by atoms with Gasteiger partial charge in [-0.1, -0.05) is 26.2 Å². The summed E-state index contributed by atoms with van der Waals surface area (Å²) in [5.74, 6) is 0. The van der Waals surface area contributed by atoms with Crippen LogP contribution in [0.1, 0.15) is 38.3 Å². The Morgan fingerprint density at radius 2 is 2.07 bits per heavy atom. The van der Waals surface area contributed by atoms with Crippen LogP contribution in [0.25, 0.3) is 0 Å². The van der Waals surface area contributed by atoms with Crippen molar-refractivity contribution in [2.24, 2.45) is 0 Å². The minimum atomic E-state index is -4.37.